The number of hydrogen-bond acceptors (Lipinski definition) is 5. The number of nitrogens with zero attached hydrogens (tertiary/aromatic N) is 3. The molecule has 0 aliphatic rings. The predicted octanol–water partition coefficient (Wildman–Crippen LogP) is 2.52. The Morgan fingerprint density at radius 3 is 2.42 bits per heavy atom. The molecule has 2 heterocycles. The number of aryl methyl sites for hydroxylation is 2. The molecule has 0 aliphatic heterocycles. The summed E-state index contributed by atoms with van der Waals surface area (Å²) in [7, 11) is 0. The minimum Gasteiger partial charge on any atom is -0.339 e. The number of aromatic nitrogens is 3. The van der Waals surface area contributed by atoms with Crippen molar-refractivity contribution in [3.63, 3.8) is 0 Å². The Bertz CT molecular complexity index is 582. The highest BCUT2D eigenvalue weighted by Gasteiger charge is 2.15. The second-order valence-corrected chi connectivity index (χ2v) is 4.95. The van der Waals surface area contributed by atoms with Gasteiger partial charge in [0.05, 0.1) is 6.42 Å². The summed E-state index contributed by atoms with van der Waals surface area (Å²) in [6, 6.07) is 3.79. The minimum absolute atomic E-state index is 0.0271. The standard InChI is InChI=1S/C14H17N3O2/c1-8(2)12(18)7-13-16-14(17-19-13)11-5-9(3)15-10(4)6-11/h5-6,8H,7H2,1-4H3. The zero-order valence-corrected chi connectivity index (χ0v) is 11.6. The van der Waals surface area contributed by atoms with Crippen LogP contribution in [0, 0.1) is 19.8 Å². The van der Waals surface area contributed by atoms with Gasteiger partial charge >= 0.3 is 0 Å². The van der Waals surface area contributed by atoms with Crippen LogP contribution < -0.4 is 0 Å². The lowest BCUT2D eigenvalue weighted by molar-refractivity contribution is -0.121. The van der Waals surface area contributed by atoms with Gasteiger partial charge in [-0.25, -0.2) is 0 Å². The monoisotopic (exact) mass is 259 g/mol. The first-order valence-electron chi connectivity index (χ1n) is 6.26. The molecule has 100 valence electrons. The van der Waals surface area contributed by atoms with E-state index >= 15 is 0 Å². The Morgan fingerprint density at radius 2 is 1.84 bits per heavy atom. The van der Waals surface area contributed by atoms with Crippen molar-refractivity contribution >= 4 is 5.78 Å². The third-order valence-corrected chi connectivity index (χ3v) is 2.78. The fourth-order valence-corrected chi connectivity index (χ4v) is 1.76. The van der Waals surface area contributed by atoms with Crippen molar-refractivity contribution in [3.05, 3.63) is 29.4 Å². The Hall–Kier alpha value is -2.04. The van der Waals surface area contributed by atoms with Crippen molar-refractivity contribution in [1.29, 1.82) is 0 Å². The first kappa shape index (κ1) is 13.4. The van der Waals surface area contributed by atoms with Gasteiger partial charge in [0.1, 0.15) is 5.78 Å². The molecule has 0 spiro atoms. The fraction of sp³-hybridized carbons (Fsp3) is 0.429. The van der Waals surface area contributed by atoms with Crippen molar-refractivity contribution in [2.75, 3.05) is 0 Å². The van der Waals surface area contributed by atoms with Crippen LogP contribution >= 0.6 is 0 Å². The highest BCUT2D eigenvalue weighted by molar-refractivity contribution is 5.81. The van der Waals surface area contributed by atoms with Gasteiger partial charge in [0.2, 0.25) is 11.7 Å². The van der Waals surface area contributed by atoms with Gasteiger partial charge in [-0.3, -0.25) is 9.78 Å². The molecular weight excluding hydrogens is 242 g/mol. The molecule has 0 unspecified atom stereocenters. The van der Waals surface area contributed by atoms with Gasteiger partial charge < -0.3 is 4.52 Å². The molecular formula is C14H17N3O2. The van der Waals surface area contributed by atoms with Crippen molar-refractivity contribution in [1.82, 2.24) is 15.1 Å². The van der Waals surface area contributed by atoms with Gasteiger partial charge in [-0.2, -0.15) is 4.98 Å². The lowest BCUT2D eigenvalue weighted by Crippen LogP contribution is -2.10. The second-order valence-electron chi connectivity index (χ2n) is 4.95. The Kier molecular flexibility index (Phi) is 3.74. The van der Waals surface area contributed by atoms with E-state index in [0.29, 0.717) is 11.7 Å². The maximum absolute atomic E-state index is 11.6. The highest BCUT2D eigenvalue weighted by atomic mass is 16.5. The highest BCUT2D eigenvalue weighted by Crippen LogP contribution is 2.18. The number of Topliss-reactive ketones (excluding diaryl/α,β-unsaturated/α-hetero) is 1. The van der Waals surface area contributed by atoms with Crippen molar-refractivity contribution in [3.8, 4) is 11.4 Å². The van der Waals surface area contributed by atoms with E-state index in [0.717, 1.165) is 17.0 Å². The summed E-state index contributed by atoms with van der Waals surface area (Å²) < 4.78 is 5.12. The van der Waals surface area contributed by atoms with Crippen molar-refractivity contribution in [2.45, 2.75) is 34.1 Å². The maximum atomic E-state index is 11.6. The van der Waals surface area contributed by atoms with Crippen LogP contribution in [0.3, 0.4) is 0 Å². The number of rotatable bonds is 4. The van der Waals surface area contributed by atoms with Crippen LogP contribution in [0.25, 0.3) is 11.4 Å². The largest absolute Gasteiger partial charge is 0.339 e. The van der Waals surface area contributed by atoms with E-state index < -0.39 is 0 Å². The van der Waals surface area contributed by atoms with Crippen LogP contribution in [0.2, 0.25) is 0 Å². The Balaban J connectivity index is 2.23. The fourth-order valence-electron chi connectivity index (χ4n) is 1.76. The summed E-state index contributed by atoms with van der Waals surface area (Å²) in [6.07, 6.45) is 0.188. The molecule has 0 atom stereocenters. The third-order valence-electron chi connectivity index (χ3n) is 2.78. The van der Waals surface area contributed by atoms with Gasteiger partial charge in [-0.1, -0.05) is 19.0 Å². The first-order chi connectivity index (χ1) is 8.95. The van der Waals surface area contributed by atoms with E-state index in [4.69, 9.17) is 4.52 Å². The predicted molar refractivity (Wildman–Crippen MR) is 70.6 cm³/mol. The molecule has 0 aliphatic carbocycles. The van der Waals surface area contributed by atoms with Gasteiger partial charge in [0.15, 0.2) is 0 Å². The van der Waals surface area contributed by atoms with E-state index in [9.17, 15) is 4.79 Å². The molecule has 5 nitrogen and oxygen atoms in total. The molecule has 5 heteroatoms. The molecule has 2 aromatic heterocycles. The lowest BCUT2D eigenvalue weighted by atomic mass is 10.1. The van der Waals surface area contributed by atoms with E-state index in [1.54, 1.807) is 0 Å². The molecule has 0 amide bonds. The number of carbonyl (C=O) groups excluding carboxylic acids is 1. The number of ketones is 1. The average Bonchev–Trinajstić information content (AvgIpc) is 2.76. The molecule has 19 heavy (non-hydrogen) atoms. The van der Waals surface area contributed by atoms with Crippen LogP contribution in [0.5, 0.6) is 0 Å². The molecule has 2 rings (SSSR count). The molecule has 0 N–H and O–H groups in total. The van der Waals surface area contributed by atoms with Crippen LogP contribution in [0.1, 0.15) is 31.1 Å². The summed E-state index contributed by atoms with van der Waals surface area (Å²) in [5, 5.41) is 3.91. The molecule has 2 aromatic rings. The van der Waals surface area contributed by atoms with E-state index in [2.05, 4.69) is 15.1 Å². The molecule has 0 bridgehead atoms. The van der Waals surface area contributed by atoms with E-state index in [-0.39, 0.29) is 18.1 Å². The SMILES string of the molecule is Cc1cc(-c2noc(CC(=O)C(C)C)n2)cc(C)n1. The van der Waals surface area contributed by atoms with Crippen molar-refractivity contribution < 1.29 is 9.32 Å². The second kappa shape index (κ2) is 5.30. The van der Waals surface area contributed by atoms with Gasteiger partial charge in [-0.15, -0.1) is 0 Å². The molecule has 0 saturated heterocycles. The minimum atomic E-state index is -0.0271. The first-order valence-corrected chi connectivity index (χ1v) is 6.26. The van der Waals surface area contributed by atoms with Crippen LogP contribution in [0.15, 0.2) is 16.7 Å². The molecule has 0 aromatic carbocycles. The van der Waals surface area contributed by atoms with E-state index in [1.807, 2.05) is 39.8 Å². The van der Waals surface area contributed by atoms with Gasteiger partial charge in [0, 0.05) is 22.9 Å². The molecule has 0 fully saturated rings. The quantitative estimate of drug-likeness (QED) is 0.843. The van der Waals surface area contributed by atoms with Crippen LogP contribution in [-0.4, -0.2) is 20.9 Å². The summed E-state index contributed by atoms with van der Waals surface area (Å²) in [4.78, 5) is 20.2. The summed E-state index contributed by atoms with van der Waals surface area (Å²) in [5.41, 5.74) is 2.66. The van der Waals surface area contributed by atoms with Crippen LogP contribution in [0.4, 0.5) is 0 Å². The number of hydrogen-bond donors (Lipinski definition) is 0. The Labute approximate surface area is 112 Å². The molecule has 0 radical (unpaired) electrons. The zero-order chi connectivity index (χ0) is 14.0. The zero-order valence-electron chi connectivity index (χ0n) is 11.6. The smallest absolute Gasteiger partial charge is 0.234 e. The summed E-state index contributed by atoms with van der Waals surface area (Å²) in [6.45, 7) is 7.55. The normalized spacial score (nSPS) is 11.0. The summed E-state index contributed by atoms with van der Waals surface area (Å²) >= 11 is 0. The van der Waals surface area contributed by atoms with Crippen LogP contribution in [-0.2, 0) is 11.2 Å². The lowest BCUT2D eigenvalue weighted by Gasteiger charge is -1.99. The topological polar surface area (TPSA) is 68.9 Å². The summed E-state index contributed by atoms with van der Waals surface area (Å²) in [5.74, 6) is 0.930. The van der Waals surface area contributed by atoms with Crippen molar-refractivity contribution in [2.24, 2.45) is 5.92 Å². The number of pyridine rings is 1. The maximum Gasteiger partial charge on any atom is 0.234 e. The third kappa shape index (κ3) is 3.24. The van der Waals surface area contributed by atoms with E-state index in [1.165, 1.54) is 0 Å². The van der Waals surface area contributed by atoms with Gasteiger partial charge in [-0.05, 0) is 26.0 Å². The average molecular weight is 259 g/mol. The van der Waals surface area contributed by atoms with Gasteiger partial charge in [0.25, 0.3) is 0 Å². The Morgan fingerprint density at radius 1 is 1.21 bits per heavy atom. The number of carbonyl (C=O) groups is 1. The molecule has 0 saturated carbocycles.